The molecular weight excluding hydrogens is 266 g/mol. The first-order valence-electron chi connectivity index (χ1n) is 7.36. The van der Waals surface area contributed by atoms with Gasteiger partial charge in [-0.15, -0.1) is 0 Å². The maximum atomic E-state index is 11.8. The van der Waals surface area contributed by atoms with Crippen LogP contribution in [0.25, 0.3) is 0 Å². The standard InChI is InChI=1S/C17H23NOS/c1-13(2)18-17(19)20-16-10-6-9-15(12-16)11-14-7-4-3-5-8-14/h3-5,7-8,12-13,15H,6,9-11H2,1-2H3,(H,18,19)/t15-/m0/s1. The van der Waals surface area contributed by atoms with Crippen molar-refractivity contribution in [3.8, 4) is 0 Å². The summed E-state index contributed by atoms with van der Waals surface area (Å²) in [6.07, 6.45) is 6.84. The number of carbonyl (C=O) groups excluding carboxylic acids is 1. The highest BCUT2D eigenvalue weighted by molar-refractivity contribution is 8.16. The number of hydrogen-bond donors (Lipinski definition) is 1. The van der Waals surface area contributed by atoms with E-state index in [4.69, 9.17) is 0 Å². The fourth-order valence-electron chi connectivity index (χ4n) is 2.52. The van der Waals surface area contributed by atoms with Gasteiger partial charge in [0.05, 0.1) is 0 Å². The first-order valence-corrected chi connectivity index (χ1v) is 8.18. The van der Waals surface area contributed by atoms with E-state index in [1.54, 1.807) is 0 Å². The zero-order valence-electron chi connectivity index (χ0n) is 12.3. The smallest absolute Gasteiger partial charge is 0.283 e. The SMILES string of the molecule is CC(C)NC(=O)SC1=C[C@H](Cc2ccccc2)CCC1. The summed E-state index contributed by atoms with van der Waals surface area (Å²) in [5, 5.41) is 3.01. The van der Waals surface area contributed by atoms with Gasteiger partial charge in [-0.2, -0.15) is 0 Å². The van der Waals surface area contributed by atoms with Crippen molar-refractivity contribution in [2.75, 3.05) is 0 Å². The van der Waals surface area contributed by atoms with Gasteiger partial charge in [-0.1, -0.05) is 36.4 Å². The van der Waals surface area contributed by atoms with Crippen LogP contribution in [0.3, 0.4) is 0 Å². The van der Waals surface area contributed by atoms with Crippen LogP contribution < -0.4 is 5.32 Å². The molecule has 108 valence electrons. The number of carbonyl (C=O) groups is 1. The van der Waals surface area contributed by atoms with Crippen LogP contribution in [0.4, 0.5) is 4.79 Å². The summed E-state index contributed by atoms with van der Waals surface area (Å²) in [5.41, 5.74) is 1.38. The average Bonchev–Trinajstić information content (AvgIpc) is 2.39. The third-order valence-electron chi connectivity index (χ3n) is 3.39. The Balaban J connectivity index is 1.92. The van der Waals surface area contributed by atoms with Crippen molar-refractivity contribution in [3.05, 3.63) is 46.9 Å². The number of allylic oxidation sites excluding steroid dienone is 2. The van der Waals surface area contributed by atoms with E-state index in [1.165, 1.54) is 35.1 Å². The van der Waals surface area contributed by atoms with E-state index in [1.807, 2.05) is 13.8 Å². The zero-order valence-corrected chi connectivity index (χ0v) is 13.1. The van der Waals surface area contributed by atoms with E-state index in [2.05, 4.69) is 41.7 Å². The summed E-state index contributed by atoms with van der Waals surface area (Å²) in [4.78, 5) is 13.0. The molecule has 1 aliphatic rings. The van der Waals surface area contributed by atoms with Crippen LogP contribution >= 0.6 is 11.8 Å². The van der Waals surface area contributed by atoms with Gasteiger partial charge in [0.1, 0.15) is 0 Å². The molecule has 1 aromatic rings. The van der Waals surface area contributed by atoms with Crippen molar-refractivity contribution in [1.82, 2.24) is 5.32 Å². The normalized spacial score (nSPS) is 18.8. The first kappa shape index (κ1) is 15.2. The highest BCUT2D eigenvalue weighted by atomic mass is 32.2. The highest BCUT2D eigenvalue weighted by Gasteiger charge is 2.17. The molecule has 1 atom stereocenters. The molecule has 0 radical (unpaired) electrons. The summed E-state index contributed by atoms with van der Waals surface area (Å²) in [5.74, 6) is 0.570. The molecule has 1 amide bonds. The van der Waals surface area contributed by atoms with Crippen LogP contribution in [-0.4, -0.2) is 11.3 Å². The van der Waals surface area contributed by atoms with Crippen molar-refractivity contribution in [3.63, 3.8) is 0 Å². The highest BCUT2D eigenvalue weighted by Crippen LogP contribution is 2.32. The summed E-state index contributed by atoms with van der Waals surface area (Å²) >= 11 is 1.37. The Labute approximate surface area is 126 Å². The second kappa shape index (κ2) is 7.53. The molecule has 0 bridgehead atoms. The molecule has 20 heavy (non-hydrogen) atoms. The predicted octanol–water partition coefficient (Wildman–Crippen LogP) is 4.76. The Morgan fingerprint density at radius 3 is 2.80 bits per heavy atom. The maximum absolute atomic E-state index is 11.8. The van der Waals surface area contributed by atoms with E-state index in [0.717, 1.165) is 12.8 Å². The Morgan fingerprint density at radius 2 is 2.10 bits per heavy atom. The summed E-state index contributed by atoms with van der Waals surface area (Å²) < 4.78 is 0. The van der Waals surface area contributed by atoms with Crippen molar-refractivity contribution in [2.24, 2.45) is 5.92 Å². The van der Waals surface area contributed by atoms with E-state index < -0.39 is 0 Å². The fraction of sp³-hybridized carbons (Fsp3) is 0.471. The predicted molar refractivity (Wildman–Crippen MR) is 86.8 cm³/mol. The van der Waals surface area contributed by atoms with Gasteiger partial charge < -0.3 is 5.32 Å². The van der Waals surface area contributed by atoms with Gasteiger partial charge >= 0.3 is 0 Å². The summed E-state index contributed by atoms with van der Waals surface area (Å²) in [6.45, 7) is 3.98. The molecule has 0 unspecified atom stereocenters. The lowest BCUT2D eigenvalue weighted by Gasteiger charge is -2.21. The zero-order chi connectivity index (χ0) is 14.4. The molecule has 0 spiro atoms. The van der Waals surface area contributed by atoms with Crippen LogP contribution in [0.15, 0.2) is 41.3 Å². The Morgan fingerprint density at radius 1 is 1.35 bits per heavy atom. The van der Waals surface area contributed by atoms with Gasteiger partial charge in [-0.05, 0) is 67.7 Å². The number of thioether (sulfide) groups is 1. The van der Waals surface area contributed by atoms with Crippen molar-refractivity contribution in [1.29, 1.82) is 0 Å². The molecule has 2 rings (SSSR count). The fourth-order valence-corrected chi connectivity index (χ4v) is 3.55. The third kappa shape index (κ3) is 5.04. The summed E-state index contributed by atoms with van der Waals surface area (Å²) in [6, 6.07) is 10.8. The van der Waals surface area contributed by atoms with Crippen LogP contribution in [0, 0.1) is 5.92 Å². The molecule has 0 saturated carbocycles. The number of nitrogens with one attached hydrogen (secondary N) is 1. The van der Waals surface area contributed by atoms with E-state index >= 15 is 0 Å². The monoisotopic (exact) mass is 289 g/mol. The molecule has 0 saturated heterocycles. The topological polar surface area (TPSA) is 29.1 Å². The average molecular weight is 289 g/mol. The largest absolute Gasteiger partial charge is 0.345 e. The molecule has 1 aliphatic carbocycles. The van der Waals surface area contributed by atoms with Gasteiger partial charge in [-0.3, -0.25) is 4.79 Å². The Hall–Kier alpha value is -1.22. The second-order valence-electron chi connectivity index (χ2n) is 5.66. The number of rotatable bonds is 4. The molecule has 0 aromatic heterocycles. The van der Waals surface area contributed by atoms with Gasteiger partial charge in [0.15, 0.2) is 0 Å². The molecule has 3 heteroatoms. The van der Waals surface area contributed by atoms with E-state index in [9.17, 15) is 4.79 Å². The molecule has 1 N–H and O–H groups in total. The van der Waals surface area contributed by atoms with Crippen LogP contribution in [-0.2, 0) is 6.42 Å². The number of hydrogen-bond acceptors (Lipinski definition) is 2. The van der Waals surface area contributed by atoms with Crippen molar-refractivity contribution >= 4 is 17.0 Å². The molecule has 0 fully saturated rings. The van der Waals surface area contributed by atoms with Gasteiger partial charge in [-0.25, -0.2) is 0 Å². The third-order valence-corrected chi connectivity index (χ3v) is 4.30. The lowest BCUT2D eigenvalue weighted by atomic mass is 9.90. The molecule has 2 nitrogen and oxygen atoms in total. The van der Waals surface area contributed by atoms with Crippen molar-refractivity contribution < 1.29 is 4.79 Å². The minimum atomic E-state index is 0.0756. The minimum Gasteiger partial charge on any atom is -0.345 e. The number of amides is 1. The molecule has 1 aromatic carbocycles. The van der Waals surface area contributed by atoms with Gasteiger partial charge in [0, 0.05) is 6.04 Å². The van der Waals surface area contributed by atoms with E-state index in [-0.39, 0.29) is 11.3 Å². The molecule has 0 heterocycles. The summed E-state index contributed by atoms with van der Waals surface area (Å²) in [7, 11) is 0. The Kier molecular flexibility index (Phi) is 5.72. The van der Waals surface area contributed by atoms with Gasteiger partial charge in [0.25, 0.3) is 5.24 Å². The minimum absolute atomic E-state index is 0.0756. The van der Waals surface area contributed by atoms with Crippen LogP contribution in [0.5, 0.6) is 0 Å². The lowest BCUT2D eigenvalue weighted by Crippen LogP contribution is -2.26. The maximum Gasteiger partial charge on any atom is 0.283 e. The van der Waals surface area contributed by atoms with E-state index in [0.29, 0.717) is 5.92 Å². The number of benzene rings is 1. The van der Waals surface area contributed by atoms with Gasteiger partial charge in [0.2, 0.25) is 0 Å². The van der Waals surface area contributed by atoms with Crippen LogP contribution in [0.1, 0.15) is 38.7 Å². The molecule has 0 aliphatic heterocycles. The molecular formula is C17H23NOS. The second-order valence-corrected chi connectivity index (χ2v) is 6.76. The quantitative estimate of drug-likeness (QED) is 0.865. The van der Waals surface area contributed by atoms with Crippen LogP contribution in [0.2, 0.25) is 0 Å². The first-order chi connectivity index (χ1) is 9.63. The Bertz CT molecular complexity index is 467. The van der Waals surface area contributed by atoms with Crippen molar-refractivity contribution in [2.45, 2.75) is 45.6 Å². The lowest BCUT2D eigenvalue weighted by molar-refractivity contribution is 0.259.